The van der Waals surface area contributed by atoms with E-state index in [4.69, 9.17) is 0 Å². The van der Waals surface area contributed by atoms with Crippen LogP contribution in [0.4, 0.5) is 0 Å². The van der Waals surface area contributed by atoms with Crippen LogP contribution >= 0.6 is 0 Å². The number of aryl methyl sites for hydroxylation is 1. The molecule has 1 saturated carbocycles. The molecule has 25 heavy (non-hydrogen) atoms. The van der Waals surface area contributed by atoms with Gasteiger partial charge in [-0.3, -0.25) is 0 Å². The third-order valence-electron chi connectivity index (χ3n) is 6.21. The first-order valence-electron chi connectivity index (χ1n) is 9.67. The molecular formula is C24H27Zr. The number of rotatable bonds is 3. The Morgan fingerprint density at radius 1 is 1.00 bits per heavy atom. The molecule has 2 aliphatic rings. The van der Waals surface area contributed by atoms with E-state index in [1.54, 1.807) is 35.9 Å². The van der Waals surface area contributed by atoms with Gasteiger partial charge in [0.1, 0.15) is 0 Å². The van der Waals surface area contributed by atoms with E-state index in [2.05, 4.69) is 62.4 Å². The Kier molecular flexibility index (Phi) is 4.89. The predicted molar refractivity (Wildman–Crippen MR) is 103 cm³/mol. The van der Waals surface area contributed by atoms with E-state index in [0.29, 0.717) is 9.04 Å². The van der Waals surface area contributed by atoms with Crippen molar-refractivity contribution >= 4 is 6.08 Å². The fourth-order valence-electron chi connectivity index (χ4n) is 4.68. The van der Waals surface area contributed by atoms with Crippen molar-refractivity contribution in [3.63, 3.8) is 0 Å². The van der Waals surface area contributed by atoms with Crippen molar-refractivity contribution in [1.29, 1.82) is 0 Å². The van der Waals surface area contributed by atoms with Gasteiger partial charge in [0.2, 0.25) is 0 Å². The van der Waals surface area contributed by atoms with Crippen molar-refractivity contribution in [3.8, 4) is 11.1 Å². The minimum atomic E-state index is 0.533. The molecule has 1 fully saturated rings. The van der Waals surface area contributed by atoms with E-state index in [9.17, 15) is 0 Å². The zero-order chi connectivity index (χ0) is 17.4. The molecule has 4 rings (SSSR count). The fraction of sp³-hybridized carbons (Fsp3) is 0.417. The number of hydrogen-bond acceptors (Lipinski definition) is 0. The molecule has 0 heterocycles. The summed E-state index contributed by atoms with van der Waals surface area (Å²) in [5.74, 6) is 0. The van der Waals surface area contributed by atoms with E-state index in [-0.39, 0.29) is 0 Å². The Hall–Kier alpha value is -0.937. The number of allylic oxidation sites excluding steroid dienone is 1. The number of hydrogen-bond donors (Lipinski definition) is 0. The van der Waals surface area contributed by atoms with Gasteiger partial charge in [-0.15, -0.1) is 0 Å². The van der Waals surface area contributed by atoms with Crippen LogP contribution in [0.1, 0.15) is 65.8 Å². The van der Waals surface area contributed by atoms with Gasteiger partial charge in [0.25, 0.3) is 0 Å². The second kappa shape index (κ2) is 6.99. The van der Waals surface area contributed by atoms with Gasteiger partial charge in [0.15, 0.2) is 0 Å². The summed E-state index contributed by atoms with van der Waals surface area (Å²) in [7, 11) is 0. The summed E-state index contributed by atoms with van der Waals surface area (Å²) in [5.41, 5.74) is 9.37. The Morgan fingerprint density at radius 3 is 2.44 bits per heavy atom. The number of fused-ring (bicyclic) bond motifs is 1. The average Bonchev–Trinajstić information content (AvgIpc) is 2.92. The molecule has 0 amide bonds. The van der Waals surface area contributed by atoms with Gasteiger partial charge < -0.3 is 0 Å². The predicted octanol–water partition coefficient (Wildman–Crippen LogP) is 7.01. The van der Waals surface area contributed by atoms with Gasteiger partial charge in [-0.1, -0.05) is 0 Å². The molecule has 0 N–H and O–H groups in total. The SMILES string of the molecule is Cc1ccc(-c2cccc3c2C=C(CC2(C)CCCCC2)[CH]3[Zr])cc1. The van der Waals surface area contributed by atoms with E-state index >= 15 is 0 Å². The Labute approximate surface area is 167 Å². The van der Waals surface area contributed by atoms with E-state index in [0.717, 1.165) is 0 Å². The van der Waals surface area contributed by atoms with E-state index in [1.807, 2.05) is 0 Å². The van der Waals surface area contributed by atoms with Crippen molar-refractivity contribution in [1.82, 2.24) is 0 Å². The van der Waals surface area contributed by atoms with Gasteiger partial charge >= 0.3 is 168 Å². The fourth-order valence-corrected chi connectivity index (χ4v) is 5.75. The van der Waals surface area contributed by atoms with Crippen LogP contribution in [0.2, 0.25) is 0 Å². The van der Waals surface area contributed by atoms with Gasteiger partial charge in [-0.2, -0.15) is 0 Å². The molecule has 1 heteroatoms. The summed E-state index contributed by atoms with van der Waals surface area (Å²) >= 11 is 1.64. The Bertz CT molecular complexity index is 791. The standard InChI is InChI=1S/C24H27.Zr/c1-18-9-11-20(12-10-18)22-8-6-7-21-15-19(16-23(21)22)17-24(2)13-4-3-5-14-24;/h6-12,15-16H,3-5,13-14,17H2,1-2H3;. The second-order valence-corrected chi connectivity index (χ2v) is 9.79. The first-order valence-corrected chi connectivity index (χ1v) is 11.1. The molecule has 0 bridgehead atoms. The molecule has 0 aromatic heterocycles. The monoisotopic (exact) mass is 405 g/mol. The summed E-state index contributed by atoms with van der Waals surface area (Å²) < 4.78 is 0.659. The van der Waals surface area contributed by atoms with Crippen molar-refractivity contribution in [3.05, 3.63) is 64.7 Å². The summed E-state index contributed by atoms with van der Waals surface area (Å²) in [6.07, 6.45) is 10.9. The van der Waals surface area contributed by atoms with Crippen molar-refractivity contribution in [2.24, 2.45) is 5.41 Å². The van der Waals surface area contributed by atoms with Gasteiger partial charge in [-0.05, 0) is 0 Å². The third-order valence-corrected chi connectivity index (χ3v) is 7.88. The summed E-state index contributed by atoms with van der Waals surface area (Å²) in [5, 5.41) is 0. The van der Waals surface area contributed by atoms with Gasteiger partial charge in [0, 0.05) is 0 Å². The summed E-state index contributed by atoms with van der Waals surface area (Å²) in [6, 6.07) is 15.9. The molecule has 127 valence electrons. The zero-order valence-electron chi connectivity index (χ0n) is 15.4. The molecule has 0 nitrogen and oxygen atoms in total. The minimum absolute atomic E-state index is 0.533. The molecule has 2 aromatic carbocycles. The van der Waals surface area contributed by atoms with Crippen LogP contribution in [0.5, 0.6) is 0 Å². The first-order chi connectivity index (χ1) is 12.1. The third kappa shape index (κ3) is 3.50. The van der Waals surface area contributed by atoms with E-state index in [1.165, 1.54) is 60.8 Å². The quantitative estimate of drug-likeness (QED) is 0.514. The molecule has 2 aromatic rings. The van der Waals surface area contributed by atoms with Crippen LogP contribution in [-0.2, 0) is 24.7 Å². The molecule has 1 unspecified atom stereocenters. The molecule has 0 radical (unpaired) electrons. The Morgan fingerprint density at radius 2 is 1.72 bits per heavy atom. The van der Waals surface area contributed by atoms with Crippen molar-refractivity contribution in [2.45, 2.75) is 56.0 Å². The maximum atomic E-state index is 2.55. The molecule has 0 spiro atoms. The molecule has 2 aliphatic carbocycles. The van der Waals surface area contributed by atoms with E-state index < -0.39 is 0 Å². The molecule has 0 aliphatic heterocycles. The number of benzene rings is 2. The van der Waals surface area contributed by atoms with Crippen LogP contribution in [0.15, 0.2) is 48.0 Å². The normalized spacial score (nSPS) is 21.6. The van der Waals surface area contributed by atoms with Crippen LogP contribution in [0.3, 0.4) is 0 Å². The van der Waals surface area contributed by atoms with Gasteiger partial charge in [-0.25, -0.2) is 0 Å². The van der Waals surface area contributed by atoms with Gasteiger partial charge in [0.05, 0.1) is 0 Å². The second-order valence-electron chi connectivity index (χ2n) is 8.37. The molecule has 0 saturated heterocycles. The summed E-state index contributed by atoms with van der Waals surface area (Å²) in [4.78, 5) is 0. The summed E-state index contributed by atoms with van der Waals surface area (Å²) in [6.45, 7) is 4.69. The van der Waals surface area contributed by atoms with Crippen LogP contribution in [0, 0.1) is 12.3 Å². The van der Waals surface area contributed by atoms with Crippen LogP contribution in [0.25, 0.3) is 17.2 Å². The maximum absolute atomic E-state index is 2.55. The van der Waals surface area contributed by atoms with Crippen LogP contribution in [-0.4, -0.2) is 0 Å². The molecule has 1 atom stereocenters. The van der Waals surface area contributed by atoms with Crippen molar-refractivity contribution < 1.29 is 24.7 Å². The zero-order valence-corrected chi connectivity index (χ0v) is 17.9. The Balaban J connectivity index is 1.68. The average molecular weight is 407 g/mol. The van der Waals surface area contributed by atoms with Crippen LogP contribution < -0.4 is 0 Å². The molecular weight excluding hydrogens is 379 g/mol. The van der Waals surface area contributed by atoms with Crippen molar-refractivity contribution in [2.75, 3.05) is 0 Å². The topological polar surface area (TPSA) is 0 Å². The first kappa shape index (κ1) is 17.5.